The molecule has 1 saturated heterocycles. The monoisotopic (exact) mass is 583 g/mol. The largest absolute Gasteiger partial charge is 0.488 e. The lowest BCUT2D eigenvalue weighted by molar-refractivity contribution is 0.164. The van der Waals surface area contributed by atoms with E-state index in [-0.39, 0.29) is 18.0 Å². The number of β-amino-alcohol motifs (C(OH)–C–C–N with tert-alkyl or cyclic N) is 1. The molecule has 2 aliphatic heterocycles. The standard InChI is InChI=1S/C30H38ClN5O3S/c1-18(2)40(38)26-8-6-5-7-24(26)33-29-23(31)17-32-30(35-29)34-25-15-19(3)27(22-16-20(4)39-28(22)25)21-9-11-36(12-10-21)13-14-37/h5-8,15,17-18,20-21,37H,9-14,16H2,1-4H3,(H2,32,33,34,35)/t20-,40?/m0/s1. The van der Waals surface area contributed by atoms with Crippen molar-refractivity contribution in [1.82, 2.24) is 14.9 Å². The van der Waals surface area contributed by atoms with E-state index in [4.69, 9.17) is 16.3 Å². The van der Waals surface area contributed by atoms with Crippen molar-refractivity contribution >= 4 is 45.5 Å². The number of aryl methyl sites for hydroxylation is 1. The van der Waals surface area contributed by atoms with Crippen LogP contribution in [-0.4, -0.2) is 61.8 Å². The first-order chi connectivity index (χ1) is 19.2. The maximum Gasteiger partial charge on any atom is 0.229 e. The minimum atomic E-state index is -1.17. The van der Waals surface area contributed by atoms with E-state index in [0.29, 0.717) is 33.3 Å². The number of benzene rings is 2. The summed E-state index contributed by atoms with van der Waals surface area (Å²) in [5.41, 5.74) is 5.45. The van der Waals surface area contributed by atoms with Gasteiger partial charge in [0.05, 0.1) is 39.9 Å². The number of ether oxygens (including phenoxy) is 1. The molecule has 0 amide bonds. The van der Waals surface area contributed by atoms with Gasteiger partial charge in [-0.1, -0.05) is 37.6 Å². The Morgan fingerprint density at radius 2 is 1.95 bits per heavy atom. The van der Waals surface area contributed by atoms with E-state index in [1.54, 1.807) is 6.20 Å². The number of aliphatic hydroxyl groups is 1. The molecule has 3 heterocycles. The zero-order valence-corrected chi connectivity index (χ0v) is 25.1. The van der Waals surface area contributed by atoms with Crippen LogP contribution in [0.3, 0.4) is 0 Å². The molecular formula is C30H38ClN5O3S. The number of piperidine rings is 1. The lowest BCUT2D eigenvalue weighted by atomic mass is 9.82. The van der Waals surface area contributed by atoms with Gasteiger partial charge in [-0.25, -0.2) is 4.98 Å². The number of halogens is 1. The van der Waals surface area contributed by atoms with E-state index < -0.39 is 10.8 Å². The second-order valence-corrected chi connectivity index (χ2v) is 13.3. The Hall–Kier alpha value is -2.72. The van der Waals surface area contributed by atoms with Gasteiger partial charge in [-0.2, -0.15) is 4.98 Å². The second kappa shape index (κ2) is 12.4. The summed E-state index contributed by atoms with van der Waals surface area (Å²) in [6.07, 6.45) is 4.68. The van der Waals surface area contributed by atoms with Crippen LogP contribution in [-0.2, 0) is 17.2 Å². The minimum absolute atomic E-state index is 0.0233. The van der Waals surface area contributed by atoms with E-state index in [1.807, 2.05) is 38.1 Å². The summed E-state index contributed by atoms with van der Waals surface area (Å²) in [4.78, 5) is 12.2. The molecule has 1 aromatic heterocycles. The van der Waals surface area contributed by atoms with Gasteiger partial charge in [0.2, 0.25) is 5.95 Å². The Bertz CT molecular complexity index is 1390. The minimum Gasteiger partial charge on any atom is -0.488 e. The Balaban J connectivity index is 1.42. The molecule has 0 spiro atoms. The van der Waals surface area contributed by atoms with Crippen molar-refractivity contribution in [2.45, 2.75) is 69.1 Å². The average Bonchev–Trinajstić information content (AvgIpc) is 3.32. The maximum absolute atomic E-state index is 12.9. The molecule has 8 nitrogen and oxygen atoms in total. The second-order valence-electron chi connectivity index (χ2n) is 10.9. The highest BCUT2D eigenvalue weighted by atomic mass is 35.5. The third-order valence-corrected chi connectivity index (χ3v) is 9.55. The molecule has 0 saturated carbocycles. The number of nitrogens with one attached hydrogen (secondary N) is 2. The molecule has 0 radical (unpaired) electrons. The van der Waals surface area contributed by atoms with Gasteiger partial charge < -0.3 is 25.4 Å². The number of aromatic nitrogens is 2. The average molecular weight is 584 g/mol. The fraction of sp³-hybridized carbons (Fsp3) is 0.467. The van der Waals surface area contributed by atoms with Gasteiger partial charge >= 0.3 is 0 Å². The Kier molecular flexibility index (Phi) is 8.95. The molecule has 5 rings (SSSR count). The number of para-hydroxylation sites is 1. The summed E-state index contributed by atoms with van der Waals surface area (Å²) in [6.45, 7) is 11.1. The number of likely N-dealkylation sites (tertiary alicyclic amines) is 1. The van der Waals surface area contributed by atoms with Crippen molar-refractivity contribution in [3.8, 4) is 5.75 Å². The molecule has 214 valence electrons. The van der Waals surface area contributed by atoms with Crippen molar-refractivity contribution in [2.24, 2.45) is 0 Å². The van der Waals surface area contributed by atoms with Crippen LogP contribution in [0.5, 0.6) is 5.75 Å². The lowest BCUT2D eigenvalue weighted by Crippen LogP contribution is -2.35. The van der Waals surface area contributed by atoms with Crippen LogP contribution >= 0.6 is 11.6 Å². The van der Waals surface area contributed by atoms with E-state index >= 15 is 0 Å². The van der Waals surface area contributed by atoms with E-state index in [2.05, 4.69) is 45.4 Å². The number of hydrogen-bond donors (Lipinski definition) is 3. The molecule has 40 heavy (non-hydrogen) atoms. The number of rotatable bonds is 9. The predicted octanol–water partition coefficient (Wildman–Crippen LogP) is 5.94. The van der Waals surface area contributed by atoms with Gasteiger partial charge in [0, 0.05) is 23.8 Å². The van der Waals surface area contributed by atoms with Crippen LogP contribution in [0.1, 0.15) is 56.2 Å². The van der Waals surface area contributed by atoms with E-state index in [0.717, 1.165) is 50.3 Å². The first kappa shape index (κ1) is 28.8. The molecule has 2 aromatic carbocycles. The molecule has 3 aromatic rings. The van der Waals surface area contributed by atoms with Crippen molar-refractivity contribution in [2.75, 3.05) is 36.9 Å². The van der Waals surface area contributed by atoms with Gasteiger partial charge in [-0.3, -0.25) is 4.21 Å². The fourth-order valence-electron chi connectivity index (χ4n) is 5.76. The van der Waals surface area contributed by atoms with Crippen LogP contribution in [0.4, 0.5) is 23.1 Å². The normalized spacial score (nSPS) is 18.4. The van der Waals surface area contributed by atoms with Crippen molar-refractivity contribution in [1.29, 1.82) is 0 Å². The summed E-state index contributed by atoms with van der Waals surface area (Å²) in [7, 11) is -1.17. The van der Waals surface area contributed by atoms with Crippen molar-refractivity contribution in [3.63, 3.8) is 0 Å². The Morgan fingerprint density at radius 3 is 2.67 bits per heavy atom. The highest BCUT2D eigenvalue weighted by Gasteiger charge is 2.32. The summed E-state index contributed by atoms with van der Waals surface area (Å²) < 4.78 is 19.2. The zero-order chi connectivity index (χ0) is 28.4. The summed E-state index contributed by atoms with van der Waals surface area (Å²) >= 11 is 6.49. The molecule has 3 N–H and O–H groups in total. The highest BCUT2D eigenvalue weighted by Crippen LogP contribution is 2.45. The molecular weight excluding hydrogens is 546 g/mol. The number of anilines is 4. The van der Waals surface area contributed by atoms with Crippen molar-refractivity contribution in [3.05, 3.63) is 58.2 Å². The number of hydrogen-bond acceptors (Lipinski definition) is 8. The van der Waals surface area contributed by atoms with Crippen LogP contribution in [0.2, 0.25) is 5.02 Å². The molecule has 0 bridgehead atoms. The summed E-state index contributed by atoms with van der Waals surface area (Å²) in [6, 6.07) is 9.63. The van der Waals surface area contributed by atoms with Crippen LogP contribution in [0, 0.1) is 6.92 Å². The van der Waals surface area contributed by atoms with Gasteiger partial charge in [0.25, 0.3) is 0 Å². The lowest BCUT2D eigenvalue weighted by Gasteiger charge is -2.33. The predicted molar refractivity (Wildman–Crippen MR) is 162 cm³/mol. The highest BCUT2D eigenvalue weighted by molar-refractivity contribution is 7.85. The quantitative estimate of drug-likeness (QED) is 0.285. The first-order valence-electron chi connectivity index (χ1n) is 14.0. The van der Waals surface area contributed by atoms with Gasteiger partial charge in [0.1, 0.15) is 16.9 Å². The SMILES string of the molecule is Cc1cc(Nc2ncc(Cl)c(Nc3ccccc3S(=O)C(C)C)n2)c2c(c1C1CCN(CCO)CC1)C[C@H](C)O2. The first-order valence-corrected chi connectivity index (χ1v) is 15.6. The molecule has 2 atom stereocenters. The Morgan fingerprint density at radius 1 is 1.20 bits per heavy atom. The topological polar surface area (TPSA) is 99.6 Å². The van der Waals surface area contributed by atoms with Gasteiger partial charge in [0.15, 0.2) is 5.82 Å². The number of fused-ring (bicyclic) bond motifs is 1. The zero-order valence-electron chi connectivity index (χ0n) is 23.5. The van der Waals surface area contributed by atoms with Crippen LogP contribution in [0.25, 0.3) is 0 Å². The maximum atomic E-state index is 12.9. The molecule has 1 unspecified atom stereocenters. The summed E-state index contributed by atoms with van der Waals surface area (Å²) in [5, 5.41) is 16.3. The fourth-order valence-corrected chi connectivity index (χ4v) is 6.96. The van der Waals surface area contributed by atoms with Crippen LogP contribution in [0.15, 0.2) is 41.4 Å². The third-order valence-electron chi connectivity index (χ3n) is 7.63. The summed E-state index contributed by atoms with van der Waals surface area (Å²) in [5.74, 6) is 2.17. The molecule has 1 fully saturated rings. The number of nitrogens with zero attached hydrogens (tertiary/aromatic N) is 3. The third kappa shape index (κ3) is 6.12. The van der Waals surface area contributed by atoms with E-state index in [9.17, 15) is 9.32 Å². The molecule has 2 aliphatic rings. The van der Waals surface area contributed by atoms with E-state index in [1.165, 1.54) is 16.7 Å². The Labute approximate surface area is 244 Å². The number of aliphatic hydroxyl groups excluding tert-OH is 1. The molecule has 10 heteroatoms. The molecule has 0 aliphatic carbocycles. The smallest absolute Gasteiger partial charge is 0.229 e. The van der Waals surface area contributed by atoms with Gasteiger partial charge in [-0.05, 0) is 75.0 Å². The van der Waals surface area contributed by atoms with Crippen molar-refractivity contribution < 1.29 is 14.1 Å². The van der Waals surface area contributed by atoms with Gasteiger partial charge in [-0.15, -0.1) is 0 Å². The van der Waals surface area contributed by atoms with Crippen LogP contribution < -0.4 is 15.4 Å².